The molecule has 4 nitrogen and oxygen atoms in total. The molecular formula is C12H18ClN3O. The zero-order valence-corrected chi connectivity index (χ0v) is 10.9. The summed E-state index contributed by atoms with van der Waals surface area (Å²) in [4.78, 5) is 15.7. The second kappa shape index (κ2) is 5.98. The van der Waals surface area contributed by atoms with E-state index in [0.29, 0.717) is 17.3 Å². The van der Waals surface area contributed by atoms with Gasteiger partial charge in [-0.25, -0.2) is 4.98 Å². The maximum absolute atomic E-state index is 11.8. The van der Waals surface area contributed by atoms with Crippen LogP contribution in [0.15, 0.2) is 18.3 Å². The molecule has 0 fully saturated rings. The minimum Gasteiger partial charge on any atom is -0.349 e. The monoisotopic (exact) mass is 255 g/mol. The zero-order valence-electron chi connectivity index (χ0n) is 10.2. The number of amides is 1. The lowest BCUT2D eigenvalue weighted by Gasteiger charge is -2.26. The highest BCUT2D eigenvalue weighted by Gasteiger charge is 2.21. The predicted molar refractivity (Wildman–Crippen MR) is 69.1 cm³/mol. The van der Waals surface area contributed by atoms with Gasteiger partial charge in [-0.3, -0.25) is 4.79 Å². The lowest BCUT2D eigenvalue weighted by Crippen LogP contribution is -2.49. The van der Waals surface area contributed by atoms with Gasteiger partial charge in [0.15, 0.2) is 0 Å². The largest absolute Gasteiger partial charge is 0.349 e. The lowest BCUT2D eigenvalue weighted by atomic mass is 9.94. The van der Waals surface area contributed by atoms with Gasteiger partial charge in [-0.2, -0.15) is 0 Å². The van der Waals surface area contributed by atoms with Crippen molar-refractivity contribution in [2.45, 2.75) is 32.2 Å². The zero-order chi connectivity index (χ0) is 12.9. The summed E-state index contributed by atoms with van der Waals surface area (Å²) in [6, 6.07) is 3.23. The Bertz CT molecular complexity index is 374. The van der Waals surface area contributed by atoms with Crippen LogP contribution in [0, 0.1) is 0 Å². The van der Waals surface area contributed by atoms with Gasteiger partial charge in [-0.15, -0.1) is 0 Å². The quantitative estimate of drug-likeness (QED) is 0.845. The molecule has 17 heavy (non-hydrogen) atoms. The highest BCUT2D eigenvalue weighted by Crippen LogP contribution is 2.10. The minimum atomic E-state index is -0.345. The molecule has 5 heteroatoms. The molecule has 1 rings (SSSR count). The van der Waals surface area contributed by atoms with Crippen molar-refractivity contribution in [3.05, 3.63) is 29.0 Å². The molecule has 0 spiro atoms. The summed E-state index contributed by atoms with van der Waals surface area (Å²) in [5.41, 5.74) is 6.10. The van der Waals surface area contributed by atoms with Gasteiger partial charge in [-0.05, 0) is 25.0 Å². The Balaban J connectivity index is 2.58. The van der Waals surface area contributed by atoms with E-state index in [4.69, 9.17) is 17.3 Å². The first-order valence-electron chi connectivity index (χ1n) is 5.69. The van der Waals surface area contributed by atoms with E-state index in [1.165, 1.54) is 6.20 Å². The Morgan fingerprint density at radius 1 is 1.47 bits per heavy atom. The summed E-state index contributed by atoms with van der Waals surface area (Å²) in [6.45, 7) is 4.47. The van der Waals surface area contributed by atoms with Crippen molar-refractivity contribution in [1.82, 2.24) is 10.3 Å². The number of carbonyl (C=O) groups is 1. The van der Waals surface area contributed by atoms with Crippen LogP contribution in [0.3, 0.4) is 0 Å². The number of carbonyl (C=O) groups excluding carboxylic acids is 1. The van der Waals surface area contributed by atoms with Crippen LogP contribution < -0.4 is 11.1 Å². The van der Waals surface area contributed by atoms with Gasteiger partial charge in [0.2, 0.25) is 0 Å². The number of hydrogen-bond acceptors (Lipinski definition) is 3. The van der Waals surface area contributed by atoms with Gasteiger partial charge in [0.25, 0.3) is 5.91 Å². The number of nitrogens with one attached hydrogen (secondary N) is 1. The topological polar surface area (TPSA) is 68.0 Å². The molecule has 1 amide bonds. The van der Waals surface area contributed by atoms with Crippen LogP contribution in [0.2, 0.25) is 5.02 Å². The van der Waals surface area contributed by atoms with Gasteiger partial charge in [0, 0.05) is 18.3 Å². The fourth-order valence-corrected chi connectivity index (χ4v) is 1.47. The molecule has 0 saturated carbocycles. The highest BCUT2D eigenvalue weighted by atomic mass is 35.5. The molecule has 0 saturated heterocycles. The van der Waals surface area contributed by atoms with Crippen molar-refractivity contribution in [3.63, 3.8) is 0 Å². The van der Waals surface area contributed by atoms with Crippen molar-refractivity contribution in [1.29, 1.82) is 0 Å². The summed E-state index contributed by atoms with van der Waals surface area (Å²) in [6.07, 6.45) is 3.08. The third-order valence-corrected chi connectivity index (χ3v) is 3.19. The molecule has 1 aromatic rings. The lowest BCUT2D eigenvalue weighted by molar-refractivity contribution is 0.0937. The van der Waals surface area contributed by atoms with Crippen molar-refractivity contribution in [2.24, 2.45) is 5.73 Å². The summed E-state index contributed by atoms with van der Waals surface area (Å²) >= 11 is 5.70. The van der Waals surface area contributed by atoms with E-state index in [2.05, 4.69) is 10.3 Å². The van der Waals surface area contributed by atoms with E-state index < -0.39 is 0 Å². The molecule has 0 aliphatic heterocycles. The van der Waals surface area contributed by atoms with Crippen LogP contribution in [0.5, 0.6) is 0 Å². The summed E-state index contributed by atoms with van der Waals surface area (Å²) in [5, 5.41) is 3.30. The molecule has 1 aromatic heterocycles. The van der Waals surface area contributed by atoms with E-state index >= 15 is 0 Å². The molecule has 0 aromatic carbocycles. The van der Waals surface area contributed by atoms with E-state index in [0.717, 1.165) is 12.8 Å². The Morgan fingerprint density at radius 2 is 2.12 bits per heavy atom. The van der Waals surface area contributed by atoms with E-state index in [-0.39, 0.29) is 11.4 Å². The fourth-order valence-electron chi connectivity index (χ4n) is 1.36. The second-order valence-electron chi connectivity index (χ2n) is 4.11. The van der Waals surface area contributed by atoms with Crippen molar-refractivity contribution in [2.75, 3.05) is 6.54 Å². The first-order valence-corrected chi connectivity index (χ1v) is 6.07. The SMILES string of the molecule is CCC(N)(CC)CNC(=O)c1ccc(Cl)cn1. The van der Waals surface area contributed by atoms with Crippen molar-refractivity contribution in [3.8, 4) is 0 Å². The standard InChI is InChI=1S/C12H18ClN3O/c1-3-12(14,4-2)8-16-11(17)10-6-5-9(13)7-15-10/h5-7H,3-4,8,14H2,1-2H3,(H,16,17). The van der Waals surface area contributed by atoms with Crippen molar-refractivity contribution < 1.29 is 4.79 Å². The van der Waals surface area contributed by atoms with Crippen LogP contribution in [-0.4, -0.2) is 23.0 Å². The molecule has 0 aliphatic rings. The molecule has 0 aliphatic carbocycles. The van der Waals surface area contributed by atoms with Gasteiger partial charge in [-0.1, -0.05) is 25.4 Å². The van der Waals surface area contributed by atoms with Gasteiger partial charge in [0.05, 0.1) is 5.02 Å². The molecule has 1 heterocycles. The maximum Gasteiger partial charge on any atom is 0.269 e. The van der Waals surface area contributed by atoms with Crippen LogP contribution in [0.1, 0.15) is 37.2 Å². The number of nitrogens with two attached hydrogens (primary N) is 1. The van der Waals surface area contributed by atoms with Crippen molar-refractivity contribution >= 4 is 17.5 Å². The second-order valence-corrected chi connectivity index (χ2v) is 4.55. The van der Waals surface area contributed by atoms with Gasteiger partial charge < -0.3 is 11.1 Å². The van der Waals surface area contributed by atoms with Crippen LogP contribution in [0.25, 0.3) is 0 Å². The maximum atomic E-state index is 11.8. The molecule has 0 atom stereocenters. The number of rotatable bonds is 5. The number of halogens is 1. The van der Waals surface area contributed by atoms with E-state index in [1.807, 2.05) is 13.8 Å². The van der Waals surface area contributed by atoms with Crippen LogP contribution in [0.4, 0.5) is 0 Å². The first kappa shape index (κ1) is 13.9. The molecule has 0 unspecified atom stereocenters. The van der Waals surface area contributed by atoms with Crippen LogP contribution >= 0.6 is 11.6 Å². The van der Waals surface area contributed by atoms with E-state index in [1.54, 1.807) is 12.1 Å². The molecular weight excluding hydrogens is 238 g/mol. The predicted octanol–water partition coefficient (Wildman–Crippen LogP) is 1.98. The average molecular weight is 256 g/mol. The number of aromatic nitrogens is 1. The third-order valence-electron chi connectivity index (χ3n) is 2.97. The molecule has 94 valence electrons. The molecule has 3 N–H and O–H groups in total. The van der Waals surface area contributed by atoms with Crippen LogP contribution in [-0.2, 0) is 0 Å². The molecule has 0 bridgehead atoms. The Hall–Kier alpha value is -1.13. The number of pyridine rings is 1. The smallest absolute Gasteiger partial charge is 0.269 e. The first-order chi connectivity index (χ1) is 8.00. The normalized spacial score (nSPS) is 11.3. The van der Waals surface area contributed by atoms with Gasteiger partial charge >= 0.3 is 0 Å². The molecule has 0 radical (unpaired) electrons. The van der Waals surface area contributed by atoms with Gasteiger partial charge in [0.1, 0.15) is 5.69 Å². The Labute approximate surface area is 107 Å². The number of nitrogens with zero attached hydrogens (tertiary/aromatic N) is 1. The minimum absolute atomic E-state index is 0.224. The summed E-state index contributed by atoms with van der Waals surface area (Å²) in [5.74, 6) is -0.224. The summed E-state index contributed by atoms with van der Waals surface area (Å²) < 4.78 is 0. The highest BCUT2D eigenvalue weighted by molar-refractivity contribution is 6.30. The Morgan fingerprint density at radius 3 is 2.59 bits per heavy atom. The fraction of sp³-hybridized carbons (Fsp3) is 0.500. The average Bonchev–Trinajstić information content (AvgIpc) is 2.36. The third kappa shape index (κ3) is 3.98. The number of hydrogen-bond donors (Lipinski definition) is 2. The summed E-state index contributed by atoms with van der Waals surface area (Å²) in [7, 11) is 0. The Kier molecular flexibility index (Phi) is 4.90. The van der Waals surface area contributed by atoms with E-state index in [9.17, 15) is 4.79 Å².